The van der Waals surface area contributed by atoms with Crippen molar-refractivity contribution in [3.8, 4) is 5.75 Å². The van der Waals surface area contributed by atoms with Gasteiger partial charge < -0.3 is 25.0 Å². The molecule has 0 bridgehead atoms. The smallest absolute Gasteiger partial charge is 0.262 e. The van der Waals surface area contributed by atoms with Crippen molar-refractivity contribution in [3.63, 3.8) is 0 Å². The van der Waals surface area contributed by atoms with Crippen LogP contribution in [0, 0.1) is 5.92 Å². The number of carbonyl (C=O) groups is 3. The third-order valence-electron chi connectivity index (χ3n) is 5.48. The van der Waals surface area contributed by atoms with Crippen molar-refractivity contribution in [2.45, 2.75) is 26.2 Å². The zero-order valence-electron chi connectivity index (χ0n) is 19.1. The lowest BCUT2D eigenvalue weighted by atomic mass is 10.1. The van der Waals surface area contributed by atoms with Gasteiger partial charge in [0.1, 0.15) is 5.75 Å². The van der Waals surface area contributed by atoms with Crippen molar-refractivity contribution < 1.29 is 23.9 Å². The van der Waals surface area contributed by atoms with Crippen LogP contribution in [-0.4, -0.2) is 51.1 Å². The number of rotatable bonds is 11. The quantitative estimate of drug-likeness (QED) is 0.510. The lowest BCUT2D eigenvalue weighted by Crippen LogP contribution is -2.33. The highest BCUT2D eigenvalue weighted by molar-refractivity contribution is 6.00. The highest BCUT2D eigenvalue weighted by Gasteiger charge is 2.34. The van der Waals surface area contributed by atoms with Crippen LogP contribution in [0.5, 0.6) is 5.75 Å². The number of hydrogen-bond acceptors (Lipinski definition) is 5. The van der Waals surface area contributed by atoms with E-state index >= 15 is 0 Å². The van der Waals surface area contributed by atoms with Crippen LogP contribution >= 0.6 is 0 Å². The van der Waals surface area contributed by atoms with E-state index < -0.39 is 0 Å². The number of anilines is 2. The Kier molecular flexibility index (Phi) is 8.83. The summed E-state index contributed by atoms with van der Waals surface area (Å²) in [6, 6.07) is 14.6. The summed E-state index contributed by atoms with van der Waals surface area (Å²) in [5, 5.41) is 5.66. The molecule has 33 heavy (non-hydrogen) atoms. The van der Waals surface area contributed by atoms with Crippen molar-refractivity contribution in [3.05, 3.63) is 54.1 Å². The Hall–Kier alpha value is -3.39. The topological polar surface area (TPSA) is 97.0 Å². The van der Waals surface area contributed by atoms with Crippen LogP contribution in [-0.2, 0) is 25.5 Å². The van der Waals surface area contributed by atoms with Gasteiger partial charge in [0.05, 0.1) is 5.92 Å². The molecule has 176 valence electrons. The molecular weight excluding hydrogens is 422 g/mol. The maximum atomic E-state index is 12.4. The fourth-order valence-corrected chi connectivity index (χ4v) is 3.60. The van der Waals surface area contributed by atoms with Crippen LogP contribution in [0.4, 0.5) is 11.4 Å². The van der Waals surface area contributed by atoms with Crippen LogP contribution in [0.3, 0.4) is 0 Å². The zero-order valence-corrected chi connectivity index (χ0v) is 19.1. The molecule has 1 saturated heterocycles. The fourth-order valence-electron chi connectivity index (χ4n) is 3.60. The van der Waals surface area contributed by atoms with Crippen LogP contribution in [0.2, 0.25) is 0 Å². The van der Waals surface area contributed by atoms with Gasteiger partial charge in [0.15, 0.2) is 6.61 Å². The number of amides is 3. The number of hydrogen-bond donors (Lipinski definition) is 2. The van der Waals surface area contributed by atoms with Gasteiger partial charge in [0.2, 0.25) is 11.8 Å². The number of nitrogens with zero attached hydrogens (tertiary/aromatic N) is 1. The number of ether oxygens (including phenoxy) is 2. The summed E-state index contributed by atoms with van der Waals surface area (Å²) in [6.45, 7) is 3.41. The molecule has 0 spiro atoms. The standard InChI is InChI=1S/C25H31N3O5/c1-3-18-5-7-20(8-6-18)27-23(29)17-33-22-11-9-21(10-12-22)28-16-19(15-24(28)30)25(31)26-13-4-14-32-2/h5-12,19H,3-4,13-17H2,1-2H3,(H,26,31)(H,27,29)/t19-/m1/s1. The first-order valence-corrected chi connectivity index (χ1v) is 11.2. The largest absolute Gasteiger partial charge is 0.484 e. The Bertz CT molecular complexity index is 944. The molecule has 0 unspecified atom stereocenters. The second-order valence-electron chi connectivity index (χ2n) is 7.92. The van der Waals surface area contributed by atoms with Gasteiger partial charge in [0, 0.05) is 44.6 Å². The Balaban J connectivity index is 1.46. The van der Waals surface area contributed by atoms with Crippen LogP contribution in [0.15, 0.2) is 48.5 Å². The highest BCUT2D eigenvalue weighted by atomic mass is 16.5. The van der Waals surface area contributed by atoms with Gasteiger partial charge in [0.25, 0.3) is 5.91 Å². The van der Waals surface area contributed by atoms with Crippen molar-refractivity contribution in [1.82, 2.24) is 5.32 Å². The minimum atomic E-state index is -0.369. The zero-order chi connectivity index (χ0) is 23.6. The van der Waals surface area contributed by atoms with E-state index in [4.69, 9.17) is 9.47 Å². The predicted molar refractivity (Wildman–Crippen MR) is 126 cm³/mol. The molecule has 8 nitrogen and oxygen atoms in total. The van der Waals surface area contributed by atoms with E-state index in [1.807, 2.05) is 24.3 Å². The first-order chi connectivity index (χ1) is 16.0. The average Bonchev–Trinajstić information content (AvgIpc) is 3.23. The summed E-state index contributed by atoms with van der Waals surface area (Å²) in [5.74, 6) is -0.302. The molecule has 8 heteroatoms. The SMILES string of the molecule is CCc1ccc(NC(=O)COc2ccc(N3C[C@H](C(=O)NCCCOC)CC3=O)cc2)cc1. The molecule has 0 radical (unpaired) electrons. The number of methoxy groups -OCH3 is 1. The molecule has 0 aliphatic carbocycles. The third-order valence-corrected chi connectivity index (χ3v) is 5.48. The predicted octanol–water partition coefficient (Wildman–Crippen LogP) is 2.77. The Labute approximate surface area is 194 Å². The molecule has 0 saturated carbocycles. The Morgan fingerprint density at radius 3 is 2.48 bits per heavy atom. The lowest BCUT2D eigenvalue weighted by Gasteiger charge is -2.17. The molecule has 1 heterocycles. The molecule has 3 rings (SSSR count). The summed E-state index contributed by atoms with van der Waals surface area (Å²) in [4.78, 5) is 38.5. The summed E-state index contributed by atoms with van der Waals surface area (Å²) in [6.07, 6.45) is 1.87. The number of aryl methyl sites for hydroxylation is 1. The molecule has 1 aliphatic heterocycles. The minimum absolute atomic E-state index is 0.0887. The van der Waals surface area contributed by atoms with Gasteiger partial charge in [-0.15, -0.1) is 0 Å². The van der Waals surface area contributed by atoms with Crippen LogP contribution in [0.1, 0.15) is 25.3 Å². The van der Waals surface area contributed by atoms with Crippen LogP contribution in [0.25, 0.3) is 0 Å². The summed E-state index contributed by atoms with van der Waals surface area (Å²) in [5.41, 5.74) is 2.62. The van der Waals surface area contributed by atoms with E-state index in [-0.39, 0.29) is 36.7 Å². The Morgan fingerprint density at radius 1 is 1.09 bits per heavy atom. The van der Waals surface area contributed by atoms with Gasteiger partial charge in [-0.3, -0.25) is 14.4 Å². The number of benzene rings is 2. The van der Waals surface area contributed by atoms with E-state index in [9.17, 15) is 14.4 Å². The monoisotopic (exact) mass is 453 g/mol. The second kappa shape index (κ2) is 12.0. The fraction of sp³-hybridized carbons (Fsp3) is 0.400. The van der Waals surface area contributed by atoms with E-state index in [0.29, 0.717) is 31.1 Å². The minimum Gasteiger partial charge on any atom is -0.484 e. The van der Waals surface area contributed by atoms with Gasteiger partial charge in [-0.1, -0.05) is 19.1 Å². The molecule has 0 aromatic heterocycles. The summed E-state index contributed by atoms with van der Waals surface area (Å²) < 4.78 is 10.5. The van der Waals surface area contributed by atoms with Crippen molar-refractivity contribution in [2.24, 2.45) is 5.92 Å². The number of carbonyl (C=O) groups excluding carboxylic acids is 3. The van der Waals surface area contributed by atoms with Gasteiger partial charge in [-0.25, -0.2) is 0 Å². The van der Waals surface area contributed by atoms with Crippen molar-refractivity contribution in [1.29, 1.82) is 0 Å². The second-order valence-corrected chi connectivity index (χ2v) is 7.92. The lowest BCUT2D eigenvalue weighted by molar-refractivity contribution is -0.126. The molecule has 1 atom stereocenters. The van der Waals surface area contributed by atoms with Gasteiger partial charge >= 0.3 is 0 Å². The Morgan fingerprint density at radius 2 is 1.82 bits per heavy atom. The maximum absolute atomic E-state index is 12.4. The molecule has 1 fully saturated rings. The van der Waals surface area contributed by atoms with E-state index in [1.54, 1.807) is 36.3 Å². The molecule has 1 aliphatic rings. The molecule has 2 aromatic carbocycles. The van der Waals surface area contributed by atoms with E-state index in [2.05, 4.69) is 17.6 Å². The maximum Gasteiger partial charge on any atom is 0.262 e. The van der Waals surface area contributed by atoms with Gasteiger partial charge in [-0.2, -0.15) is 0 Å². The highest BCUT2D eigenvalue weighted by Crippen LogP contribution is 2.27. The molecule has 2 N–H and O–H groups in total. The van der Waals surface area contributed by atoms with E-state index in [1.165, 1.54) is 5.56 Å². The van der Waals surface area contributed by atoms with Crippen molar-refractivity contribution >= 4 is 29.1 Å². The first-order valence-electron chi connectivity index (χ1n) is 11.2. The van der Waals surface area contributed by atoms with Crippen molar-refractivity contribution in [2.75, 3.05) is 43.6 Å². The summed E-state index contributed by atoms with van der Waals surface area (Å²) >= 11 is 0. The third kappa shape index (κ3) is 7.05. The molecular formula is C25H31N3O5. The first kappa shape index (κ1) is 24.3. The molecule has 3 amide bonds. The normalized spacial score (nSPS) is 15.4. The van der Waals surface area contributed by atoms with Crippen LogP contribution < -0.4 is 20.3 Å². The average molecular weight is 454 g/mol. The molecule has 2 aromatic rings. The number of nitrogens with one attached hydrogen (secondary N) is 2. The van der Waals surface area contributed by atoms with E-state index in [0.717, 1.165) is 18.5 Å². The summed E-state index contributed by atoms with van der Waals surface area (Å²) in [7, 11) is 1.62. The van der Waals surface area contributed by atoms with Gasteiger partial charge in [-0.05, 0) is 54.8 Å².